The first-order valence-corrected chi connectivity index (χ1v) is 4.17. The molecule has 0 aliphatic heterocycles. The maximum absolute atomic E-state index is 11.1. The molecular weight excluding hydrogens is 190 g/mol. The highest BCUT2D eigenvalue weighted by Crippen LogP contribution is 1.99. The molecule has 0 aliphatic carbocycles. The van der Waals surface area contributed by atoms with E-state index in [0.29, 0.717) is 5.56 Å². The molecule has 4 nitrogen and oxygen atoms in total. The third-order valence-corrected chi connectivity index (χ3v) is 1.53. The first kappa shape index (κ1) is 9.63. The van der Waals surface area contributed by atoms with E-state index in [4.69, 9.17) is 5.73 Å². The number of carbonyl (C=O) groups is 1. The molecule has 0 aromatic heterocycles. The molecule has 0 amide bonds. The van der Waals surface area contributed by atoms with Gasteiger partial charge in [-0.15, -0.1) is 0 Å². The molecule has 0 saturated carbocycles. The second-order valence-corrected chi connectivity index (χ2v) is 2.73. The number of carbonyl (C=O) groups excluding carboxylic acids is 1. The summed E-state index contributed by atoms with van der Waals surface area (Å²) in [6, 6.07) is 8.30. The van der Waals surface area contributed by atoms with Gasteiger partial charge in [0.2, 0.25) is 0 Å². The summed E-state index contributed by atoms with van der Waals surface area (Å²) in [4.78, 5) is 11.1. The summed E-state index contributed by atoms with van der Waals surface area (Å²) < 4.78 is 14.6. The van der Waals surface area contributed by atoms with Crippen molar-refractivity contribution in [2.75, 3.05) is 0 Å². The van der Waals surface area contributed by atoms with Crippen LogP contribution >= 0.6 is 0 Å². The van der Waals surface area contributed by atoms with Gasteiger partial charge in [-0.3, -0.25) is 5.73 Å². The molecule has 0 aliphatic rings. The molecular formula is C8H7NO3S. The molecule has 5 heteroatoms. The Labute approximate surface area is 78.4 Å². The summed E-state index contributed by atoms with van der Waals surface area (Å²) in [5, 5.41) is -0.395. The minimum atomic E-state index is -0.624. The van der Waals surface area contributed by atoms with Gasteiger partial charge >= 0.3 is 5.97 Å². The number of nitrogens with two attached hydrogens (primary N) is 1. The van der Waals surface area contributed by atoms with E-state index >= 15 is 0 Å². The molecule has 0 fully saturated rings. The Balaban J connectivity index is 2.76. The Bertz CT molecular complexity index is 357. The molecule has 0 bridgehead atoms. The summed E-state index contributed by atoms with van der Waals surface area (Å²) in [5.74, 6) is -0.624. The maximum atomic E-state index is 11.1. The predicted octanol–water partition coefficient (Wildman–Crippen LogP) is 0.103. The van der Waals surface area contributed by atoms with Crippen LogP contribution in [0.15, 0.2) is 30.3 Å². The van der Waals surface area contributed by atoms with Gasteiger partial charge in [0.05, 0.1) is 5.56 Å². The number of hydrogen-bond donors (Lipinski definition) is 1. The molecule has 2 N–H and O–H groups in total. The molecule has 1 aromatic rings. The zero-order valence-corrected chi connectivity index (χ0v) is 7.41. The van der Waals surface area contributed by atoms with E-state index in [9.17, 15) is 9.00 Å². The highest BCUT2D eigenvalue weighted by Gasteiger charge is 2.06. The first-order valence-electron chi connectivity index (χ1n) is 3.43. The third kappa shape index (κ3) is 2.81. The lowest BCUT2D eigenvalue weighted by Crippen LogP contribution is -2.20. The summed E-state index contributed by atoms with van der Waals surface area (Å²) in [5.41, 5.74) is 5.40. The number of hydrogen-bond acceptors (Lipinski definition) is 3. The van der Waals surface area contributed by atoms with Crippen LogP contribution in [0.2, 0.25) is 0 Å². The summed E-state index contributed by atoms with van der Waals surface area (Å²) in [6.45, 7) is 0. The predicted molar refractivity (Wildman–Crippen MR) is 49.2 cm³/mol. The van der Waals surface area contributed by atoms with E-state index in [2.05, 4.69) is 4.74 Å². The van der Waals surface area contributed by atoms with E-state index in [1.807, 2.05) is 0 Å². The largest absolute Gasteiger partial charge is 0.398 e. The molecule has 1 rings (SSSR count). The topological polar surface area (TPSA) is 69.4 Å². The van der Waals surface area contributed by atoms with Gasteiger partial charge < -0.3 is 4.74 Å². The highest BCUT2D eigenvalue weighted by atomic mass is 32.1. The molecule has 68 valence electrons. The van der Waals surface area contributed by atoms with Crippen molar-refractivity contribution in [2.45, 2.75) is 0 Å². The van der Waals surface area contributed by atoms with Gasteiger partial charge in [-0.05, 0) is 12.1 Å². The van der Waals surface area contributed by atoms with Crippen LogP contribution in [-0.2, 0) is 16.0 Å². The lowest BCUT2D eigenvalue weighted by molar-refractivity contribution is 0.0719. The molecule has 0 atom stereocenters. The molecule has 0 saturated heterocycles. The van der Waals surface area contributed by atoms with E-state index in [1.165, 1.54) is 0 Å². The number of esters is 1. The van der Waals surface area contributed by atoms with Crippen LogP contribution in [0.25, 0.3) is 0 Å². The zero-order valence-electron chi connectivity index (χ0n) is 6.60. The number of benzene rings is 1. The minimum absolute atomic E-state index is 0.0508. The number of ether oxygens (including phenoxy) is 1. The SMILES string of the molecule is NC(OC(=O)c1ccccc1)=S=O. The molecule has 0 radical (unpaired) electrons. The first-order chi connectivity index (χ1) is 6.24. The van der Waals surface area contributed by atoms with Gasteiger partial charge in [0, 0.05) is 0 Å². The van der Waals surface area contributed by atoms with Crippen molar-refractivity contribution >= 4 is 22.4 Å². The fourth-order valence-corrected chi connectivity index (χ4v) is 0.851. The van der Waals surface area contributed by atoms with Gasteiger partial charge in [-0.25, -0.2) is 9.00 Å². The van der Waals surface area contributed by atoms with Crippen molar-refractivity contribution < 1.29 is 13.7 Å². The van der Waals surface area contributed by atoms with Crippen LogP contribution in [0.4, 0.5) is 0 Å². The second kappa shape index (κ2) is 4.54. The lowest BCUT2D eigenvalue weighted by Gasteiger charge is -1.99. The van der Waals surface area contributed by atoms with Gasteiger partial charge in [-0.2, -0.15) is 0 Å². The highest BCUT2D eigenvalue weighted by molar-refractivity contribution is 7.66. The lowest BCUT2D eigenvalue weighted by atomic mass is 10.2. The van der Waals surface area contributed by atoms with Crippen LogP contribution in [0, 0.1) is 0 Å². The zero-order chi connectivity index (χ0) is 9.68. The van der Waals surface area contributed by atoms with Crippen LogP contribution in [0.3, 0.4) is 0 Å². The van der Waals surface area contributed by atoms with Crippen LogP contribution < -0.4 is 5.73 Å². The quantitative estimate of drug-likeness (QED) is 0.512. The van der Waals surface area contributed by atoms with Gasteiger partial charge in [-0.1, -0.05) is 18.2 Å². The van der Waals surface area contributed by atoms with Crippen molar-refractivity contribution in [3.63, 3.8) is 0 Å². The Kier molecular flexibility index (Phi) is 3.36. The molecule has 13 heavy (non-hydrogen) atoms. The second-order valence-electron chi connectivity index (χ2n) is 2.16. The Morgan fingerprint density at radius 1 is 1.31 bits per heavy atom. The molecule has 1 aromatic carbocycles. The van der Waals surface area contributed by atoms with Gasteiger partial charge in [0.15, 0.2) is 0 Å². The van der Waals surface area contributed by atoms with E-state index in [1.54, 1.807) is 30.3 Å². The van der Waals surface area contributed by atoms with Crippen LogP contribution in [0.1, 0.15) is 10.4 Å². The molecule has 0 spiro atoms. The fraction of sp³-hybridized carbons (Fsp3) is 0. The van der Waals surface area contributed by atoms with E-state index in [-0.39, 0.29) is 11.3 Å². The fourth-order valence-electron chi connectivity index (χ4n) is 0.742. The Morgan fingerprint density at radius 2 is 1.92 bits per heavy atom. The Hall–Kier alpha value is -1.46. The summed E-state index contributed by atoms with van der Waals surface area (Å²) in [7, 11) is 0. The standard InChI is InChI=1S/C8H7NO3S/c9-8(13-11)12-7(10)6-4-2-1-3-5-6/h1-5H,9H2. The average molecular weight is 197 g/mol. The van der Waals surface area contributed by atoms with E-state index < -0.39 is 11.1 Å². The third-order valence-electron chi connectivity index (χ3n) is 1.28. The molecule has 0 unspecified atom stereocenters. The summed E-state index contributed by atoms with van der Waals surface area (Å²) in [6.07, 6.45) is 0. The Morgan fingerprint density at radius 3 is 2.46 bits per heavy atom. The number of rotatable bonds is 1. The monoisotopic (exact) mass is 197 g/mol. The van der Waals surface area contributed by atoms with E-state index in [0.717, 1.165) is 0 Å². The van der Waals surface area contributed by atoms with Crippen LogP contribution in [-0.4, -0.2) is 15.4 Å². The van der Waals surface area contributed by atoms with Crippen molar-refractivity contribution in [3.05, 3.63) is 35.9 Å². The normalized spacial score (nSPS) is 9.00. The summed E-state index contributed by atoms with van der Waals surface area (Å²) >= 11 is -0.0508. The van der Waals surface area contributed by atoms with Crippen molar-refractivity contribution in [1.82, 2.24) is 0 Å². The van der Waals surface area contributed by atoms with Crippen LogP contribution in [0.5, 0.6) is 0 Å². The maximum Gasteiger partial charge on any atom is 0.345 e. The average Bonchev–Trinajstić information content (AvgIpc) is 2.19. The van der Waals surface area contributed by atoms with Gasteiger partial charge in [0.25, 0.3) is 5.17 Å². The minimum Gasteiger partial charge on any atom is -0.398 e. The molecule has 0 heterocycles. The van der Waals surface area contributed by atoms with Crippen molar-refractivity contribution in [2.24, 2.45) is 5.73 Å². The van der Waals surface area contributed by atoms with Crippen molar-refractivity contribution in [1.29, 1.82) is 0 Å². The smallest absolute Gasteiger partial charge is 0.345 e. The van der Waals surface area contributed by atoms with Crippen molar-refractivity contribution in [3.8, 4) is 0 Å². The van der Waals surface area contributed by atoms with Gasteiger partial charge in [0.1, 0.15) is 11.3 Å².